The second kappa shape index (κ2) is 5.40. The van der Waals surface area contributed by atoms with E-state index in [2.05, 4.69) is 37.2 Å². The molecule has 0 fully saturated rings. The Balaban J connectivity index is 2.95. The zero-order valence-electron chi connectivity index (χ0n) is 8.24. The third-order valence-corrected chi connectivity index (χ3v) is 2.86. The van der Waals surface area contributed by atoms with E-state index in [1.807, 2.05) is 0 Å². The molecule has 1 aromatic rings. The third-order valence-electron chi connectivity index (χ3n) is 1.77. The van der Waals surface area contributed by atoms with Gasteiger partial charge in [-0.2, -0.15) is 0 Å². The molecule has 0 aliphatic heterocycles. The summed E-state index contributed by atoms with van der Waals surface area (Å²) in [7, 11) is 0. The zero-order chi connectivity index (χ0) is 12.3. The molecule has 1 aromatic carbocycles. The number of amides is 1. The Hall–Kier alpha value is -0.950. The Kier molecular flexibility index (Phi) is 4.43. The fourth-order valence-corrected chi connectivity index (χ4v) is 1.48. The molecule has 0 radical (unpaired) electrons. The highest BCUT2D eigenvalue weighted by Gasteiger charge is 2.14. The van der Waals surface area contributed by atoms with Gasteiger partial charge in [-0.3, -0.25) is 14.9 Å². The van der Waals surface area contributed by atoms with Crippen molar-refractivity contribution >= 4 is 49.1 Å². The lowest BCUT2D eigenvalue weighted by Gasteiger charge is -2.06. The van der Waals surface area contributed by atoms with Crippen molar-refractivity contribution in [3.63, 3.8) is 0 Å². The molecule has 1 atom stereocenters. The van der Waals surface area contributed by atoms with Crippen LogP contribution >= 0.6 is 31.9 Å². The number of nitro groups is 1. The maximum absolute atomic E-state index is 11.3. The van der Waals surface area contributed by atoms with Gasteiger partial charge in [0, 0.05) is 11.8 Å². The first-order valence-corrected chi connectivity index (χ1v) is 6.01. The number of carbonyl (C=O) groups is 1. The Morgan fingerprint density at radius 1 is 1.56 bits per heavy atom. The van der Waals surface area contributed by atoms with Gasteiger partial charge in [-0.05, 0) is 35.0 Å². The molecule has 0 aliphatic rings. The molecule has 0 spiro atoms. The molecule has 7 heteroatoms. The average molecular weight is 352 g/mol. The van der Waals surface area contributed by atoms with Crippen LogP contribution in [0.3, 0.4) is 0 Å². The summed E-state index contributed by atoms with van der Waals surface area (Å²) in [4.78, 5) is 21.1. The number of alkyl halides is 1. The van der Waals surface area contributed by atoms with Crippen LogP contribution in [0.5, 0.6) is 0 Å². The zero-order valence-corrected chi connectivity index (χ0v) is 11.4. The van der Waals surface area contributed by atoms with Crippen molar-refractivity contribution in [3.8, 4) is 0 Å². The molecule has 86 valence electrons. The Morgan fingerprint density at radius 3 is 2.69 bits per heavy atom. The highest BCUT2D eigenvalue weighted by atomic mass is 79.9. The van der Waals surface area contributed by atoms with Crippen molar-refractivity contribution in [2.75, 3.05) is 5.32 Å². The van der Waals surface area contributed by atoms with Crippen molar-refractivity contribution in [1.29, 1.82) is 0 Å². The molecule has 0 bridgehead atoms. The number of carbonyl (C=O) groups excluding carboxylic acids is 1. The van der Waals surface area contributed by atoms with E-state index in [1.54, 1.807) is 13.0 Å². The molecule has 0 aliphatic carbocycles. The molecule has 0 saturated heterocycles. The predicted molar refractivity (Wildman–Crippen MR) is 67.8 cm³/mol. The number of nitrogens with one attached hydrogen (secondary N) is 1. The quantitative estimate of drug-likeness (QED) is 0.516. The van der Waals surface area contributed by atoms with E-state index >= 15 is 0 Å². The van der Waals surface area contributed by atoms with Crippen LogP contribution < -0.4 is 5.32 Å². The summed E-state index contributed by atoms with van der Waals surface area (Å²) in [6, 6.07) is 4.41. The maximum atomic E-state index is 11.3. The van der Waals surface area contributed by atoms with Gasteiger partial charge in [-0.15, -0.1) is 0 Å². The second-order valence-corrected chi connectivity index (χ2v) is 5.26. The van der Waals surface area contributed by atoms with Crippen LogP contribution in [-0.4, -0.2) is 15.7 Å². The van der Waals surface area contributed by atoms with Crippen molar-refractivity contribution in [2.24, 2.45) is 0 Å². The van der Waals surface area contributed by atoms with Gasteiger partial charge >= 0.3 is 0 Å². The van der Waals surface area contributed by atoms with Crippen molar-refractivity contribution in [3.05, 3.63) is 32.8 Å². The van der Waals surface area contributed by atoms with E-state index in [1.165, 1.54) is 12.1 Å². The topological polar surface area (TPSA) is 72.2 Å². The van der Waals surface area contributed by atoms with Gasteiger partial charge in [0.05, 0.1) is 14.2 Å². The van der Waals surface area contributed by atoms with Crippen LogP contribution in [0, 0.1) is 10.1 Å². The fourth-order valence-electron chi connectivity index (χ4n) is 0.972. The number of hydrogen-bond acceptors (Lipinski definition) is 3. The summed E-state index contributed by atoms with van der Waals surface area (Å²) in [6.07, 6.45) is 0. The minimum absolute atomic E-state index is 0.0833. The van der Waals surface area contributed by atoms with E-state index < -0.39 is 4.92 Å². The molecule has 16 heavy (non-hydrogen) atoms. The van der Waals surface area contributed by atoms with Crippen LogP contribution in [0.15, 0.2) is 22.7 Å². The molecular weight excluding hydrogens is 344 g/mol. The first-order chi connectivity index (χ1) is 7.41. The normalized spacial score (nSPS) is 11.9. The van der Waals surface area contributed by atoms with Gasteiger partial charge in [0.2, 0.25) is 5.91 Å². The molecular formula is C9H8Br2N2O3. The molecule has 1 unspecified atom stereocenters. The molecule has 1 rings (SSSR count). The summed E-state index contributed by atoms with van der Waals surface area (Å²) in [5.74, 6) is -0.253. The Bertz CT molecular complexity index is 435. The average Bonchev–Trinajstić information content (AvgIpc) is 2.20. The molecule has 0 aromatic heterocycles. The van der Waals surface area contributed by atoms with E-state index in [0.717, 1.165) is 0 Å². The van der Waals surface area contributed by atoms with Gasteiger partial charge in [-0.25, -0.2) is 0 Å². The first-order valence-electron chi connectivity index (χ1n) is 4.30. The standard InChI is InChI=1S/C9H8Br2N2O3/c1-5(10)9(14)12-6-2-3-7(11)8(4-6)13(15)16/h2-5H,1H3,(H,12,14). The lowest BCUT2D eigenvalue weighted by atomic mass is 10.2. The lowest BCUT2D eigenvalue weighted by molar-refractivity contribution is -0.385. The number of hydrogen-bond donors (Lipinski definition) is 1. The smallest absolute Gasteiger partial charge is 0.285 e. The van der Waals surface area contributed by atoms with Gasteiger partial charge < -0.3 is 5.32 Å². The van der Waals surface area contributed by atoms with Crippen molar-refractivity contribution in [1.82, 2.24) is 0 Å². The summed E-state index contributed by atoms with van der Waals surface area (Å²) in [5, 5.41) is 13.2. The van der Waals surface area contributed by atoms with Crippen LogP contribution in [0.2, 0.25) is 0 Å². The van der Waals surface area contributed by atoms with Crippen LogP contribution in [-0.2, 0) is 4.79 Å². The van der Waals surface area contributed by atoms with Gasteiger partial charge in [-0.1, -0.05) is 15.9 Å². The first kappa shape index (κ1) is 13.1. The highest BCUT2D eigenvalue weighted by molar-refractivity contribution is 9.10. The van der Waals surface area contributed by atoms with Crippen LogP contribution in [0.1, 0.15) is 6.92 Å². The Labute approximate surface area is 109 Å². The SMILES string of the molecule is CC(Br)C(=O)Nc1ccc(Br)c([N+](=O)[O-])c1. The van der Waals surface area contributed by atoms with Gasteiger partial charge in [0.15, 0.2) is 0 Å². The molecule has 5 nitrogen and oxygen atoms in total. The fraction of sp³-hybridized carbons (Fsp3) is 0.222. The number of anilines is 1. The number of benzene rings is 1. The maximum Gasteiger partial charge on any atom is 0.285 e. The van der Waals surface area contributed by atoms with E-state index in [9.17, 15) is 14.9 Å². The van der Waals surface area contributed by atoms with E-state index in [-0.39, 0.29) is 16.4 Å². The Morgan fingerprint density at radius 2 is 2.19 bits per heavy atom. The monoisotopic (exact) mass is 350 g/mol. The predicted octanol–water partition coefficient (Wildman–Crippen LogP) is 3.08. The number of rotatable bonds is 3. The number of nitrogens with zero attached hydrogens (tertiary/aromatic N) is 1. The summed E-state index contributed by atoms with van der Waals surface area (Å²) in [5.41, 5.74) is 0.311. The van der Waals surface area contributed by atoms with E-state index in [0.29, 0.717) is 10.2 Å². The van der Waals surface area contributed by atoms with Crippen LogP contribution in [0.4, 0.5) is 11.4 Å². The largest absolute Gasteiger partial charge is 0.325 e. The van der Waals surface area contributed by atoms with Gasteiger partial charge in [0.1, 0.15) is 0 Å². The summed E-state index contributed by atoms with van der Waals surface area (Å²) < 4.78 is 0.377. The third kappa shape index (κ3) is 3.28. The highest BCUT2D eigenvalue weighted by Crippen LogP contribution is 2.27. The summed E-state index contributed by atoms with van der Waals surface area (Å²) in [6.45, 7) is 1.67. The van der Waals surface area contributed by atoms with Crippen LogP contribution in [0.25, 0.3) is 0 Å². The number of nitro benzene ring substituents is 1. The van der Waals surface area contributed by atoms with Gasteiger partial charge in [0.25, 0.3) is 5.69 Å². The minimum atomic E-state index is -0.517. The minimum Gasteiger partial charge on any atom is -0.325 e. The second-order valence-electron chi connectivity index (χ2n) is 3.03. The number of halogens is 2. The van der Waals surface area contributed by atoms with Crippen molar-refractivity contribution in [2.45, 2.75) is 11.8 Å². The molecule has 1 amide bonds. The molecule has 1 N–H and O–H groups in total. The lowest BCUT2D eigenvalue weighted by Crippen LogP contribution is -2.19. The summed E-state index contributed by atoms with van der Waals surface area (Å²) >= 11 is 6.17. The molecule has 0 saturated carbocycles. The molecule has 0 heterocycles. The van der Waals surface area contributed by atoms with Crippen molar-refractivity contribution < 1.29 is 9.72 Å². The van der Waals surface area contributed by atoms with E-state index in [4.69, 9.17) is 0 Å².